The Balaban J connectivity index is -0.0000000160. The van der Waals surface area contributed by atoms with Gasteiger partial charge in [0.1, 0.15) is 0 Å². The molecule has 0 N–H and O–H groups in total. The van der Waals surface area contributed by atoms with E-state index < -0.39 is 0 Å². The van der Waals surface area contributed by atoms with Gasteiger partial charge in [-0.15, -0.1) is 0 Å². The van der Waals surface area contributed by atoms with Crippen LogP contribution in [0.1, 0.15) is 0 Å². The van der Waals surface area contributed by atoms with Crippen molar-refractivity contribution in [3.8, 4) is 0 Å². The van der Waals surface area contributed by atoms with Crippen LogP contribution in [-0.2, 0) is 70.2 Å². The molecule has 0 bridgehead atoms. The summed E-state index contributed by atoms with van der Waals surface area (Å²) < 4.78 is 4.00. The van der Waals surface area contributed by atoms with Crippen molar-refractivity contribution in [1.29, 1.82) is 0 Å². The second-order valence-corrected chi connectivity index (χ2v) is 0.736. The molecule has 2 nitrogen and oxygen atoms in total. The average molecular weight is 267 g/mol. The smallest absolute Gasteiger partial charge is 0 e. The van der Waals surface area contributed by atoms with E-state index in [1.807, 2.05) is 0 Å². The minimum absolute atomic E-state index is 0. The van der Waals surface area contributed by atoms with Gasteiger partial charge in [-0.3, -0.25) is 0 Å². The van der Waals surface area contributed by atoms with Crippen LogP contribution in [-0.4, -0.2) is 21.2 Å². The van der Waals surface area contributed by atoms with Crippen LogP contribution in [0.3, 0.4) is 0 Å². The molecule has 0 unspecified atom stereocenters. The van der Waals surface area contributed by atoms with Gasteiger partial charge in [0.15, 0.2) is 0 Å². The predicted molar refractivity (Wildman–Crippen MR) is 27.6 cm³/mol. The fraction of sp³-hybridized carbons (Fsp3) is 0.750. The SMILES string of the molecule is C[N-]C.[CH2-]OC.[Y].[Y]. The zero-order chi connectivity index (χ0) is 5.41. The molecule has 0 spiro atoms. The van der Waals surface area contributed by atoms with Crippen molar-refractivity contribution in [1.82, 2.24) is 0 Å². The molecular weight excluding hydrogens is 256 g/mol. The maximum Gasteiger partial charge on any atom is 0 e. The van der Waals surface area contributed by atoms with Crippen molar-refractivity contribution in [3.05, 3.63) is 12.4 Å². The van der Waals surface area contributed by atoms with Crippen LogP contribution in [0.4, 0.5) is 0 Å². The summed E-state index contributed by atoms with van der Waals surface area (Å²) in [5.74, 6) is 0. The monoisotopic (exact) mass is 267 g/mol. The molecule has 0 aromatic rings. The van der Waals surface area contributed by atoms with Gasteiger partial charge in [0.05, 0.1) is 0 Å². The molecule has 46 valence electrons. The summed E-state index contributed by atoms with van der Waals surface area (Å²) in [6.07, 6.45) is 0. The molecule has 0 aliphatic heterocycles. The summed E-state index contributed by atoms with van der Waals surface area (Å²) in [6.45, 7) is 0. The van der Waals surface area contributed by atoms with E-state index >= 15 is 0 Å². The van der Waals surface area contributed by atoms with Crippen molar-refractivity contribution in [3.63, 3.8) is 0 Å². The second-order valence-electron chi connectivity index (χ2n) is 0.736. The number of rotatable bonds is 0. The third kappa shape index (κ3) is 91.2. The number of nitrogens with zero attached hydrogens (tertiary/aromatic N) is 1. The van der Waals surface area contributed by atoms with Gasteiger partial charge in [0.25, 0.3) is 0 Å². The fourth-order valence-corrected chi connectivity index (χ4v) is 0. The van der Waals surface area contributed by atoms with Crippen LogP contribution >= 0.6 is 0 Å². The normalized spacial score (nSPS) is 4.50. The number of ether oxygens (including phenoxy) is 1. The summed E-state index contributed by atoms with van der Waals surface area (Å²) in [6, 6.07) is 0. The van der Waals surface area contributed by atoms with Gasteiger partial charge in [-0.1, -0.05) is 0 Å². The summed E-state index contributed by atoms with van der Waals surface area (Å²) in [5.41, 5.74) is 0. The van der Waals surface area contributed by atoms with Gasteiger partial charge in [-0.25, -0.2) is 7.11 Å². The van der Waals surface area contributed by atoms with Gasteiger partial charge in [-0.05, 0) is 7.11 Å². The molecule has 0 aromatic carbocycles. The fourth-order valence-electron chi connectivity index (χ4n) is 0. The Morgan fingerprint density at radius 3 is 1.25 bits per heavy atom. The molecule has 0 saturated carbocycles. The zero-order valence-electron chi connectivity index (χ0n) is 5.72. The standard InChI is InChI=1S/C2H6N.C2H5O.2Y/c2*1-3-2;;/h1-2H3;1H2,2H3;;/q2*-1;;. The first-order chi connectivity index (χ1) is 2.83. The molecule has 0 rings (SSSR count). The van der Waals surface area contributed by atoms with Crippen molar-refractivity contribution in [2.75, 3.05) is 21.2 Å². The summed E-state index contributed by atoms with van der Waals surface area (Å²) in [4.78, 5) is 0. The van der Waals surface area contributed by atoms with Crippen molar-refractivity contribution < 1.29 is 70.2 Å². The first-order valence-electron chi connectivity index (χ1n) is 1.59. The third-order valence-electron chi connectivity index (χ3n) is 0. The molecule has 0 fully saturated rings. The Labute approximate surface area is 102 Å². The minimum Gasteiger partial charge on any atom is -0.668 e. The average Bonchev–Trinajstić information content (AvgIpc) is 1.39. The van der Waals surface area contributed by atoms with Gasteiger partial charge < -0.3 is 10.1 Å². The van der Waals surface area contributed by atoms with Crippen molar-refractivity contribution in [2.24, 2.45) is 0 Å². The first kappa shape index (κ1) is 22.5. The van der Waals surface area contributed by atoms with Gasteiger partial charge in [0.2, 0.25) is 0 Å². The number of methoxy groups -OCH3 is 1. The Kier molecular flexibility index (Phi) is 99.4. The maximum absolute atomic E-state index is 4.00. The number of hydrogen-bond donors (Lipinski definition) is 0. The van der Waals surface area contributed by atoms with E-state index in [0.717, 1.165) is 0 Å². The van der Waals surface area contributed by atoms with E-state index in [1.54, 1.807) is 14.1 Å². The molecule has 0 aromatic heterocycles. The van der Waals surface area contributed by atoms with E-state index in [2.05, 4.69) is 17.2 Å². The summed E-state index contributed by atoms with van der Waals surface area (Å²) in [5, 5.41) is 3.50. The largest absolute Gasteiger partial charge is 0.668 e. The molecule has 0 aliphatic carbocycles. The van der Waals surface area contributed by atoms with Gasteiger partial charge in [-0.2, -0.15) is 14.1 Å². The Bertz CT molecular complexity index is 16.0. The zero-order valence-corrected chi connectivity index (χ0v) is 11.4. The topological polar surface area (TPSA) is 23.3 Å². The minimum atomic E-state index is 0. The molecule has 0 atom stereocenters. The van der Waals surface area contributed by atoms with Crippen LogP contribution in [0.25, 0.3) is 5.32 Å². The van der Waals surface area contributed by atoms with Gasteiger partial charge in [0, 0.05) is 65.4 Å². The molecule has 4 heteroatoms. The molecule has 0 heterocycles. The molecular formula is C4H11NOY2-2. The summed E-state index contributed by atoms with van der Waals surface area (Å²) >= 11 is 0. The predicted octanol–water partition coefficient (Wildman–Crippen LogP) is 1.04. The first-order valence-corrected chi connectivity index (χ1v) is 1.59. The molecule has 8 heavy (non-hydrogen) atoms. The van der Waals surface area contributed by atoms with E-state index in [9.17, 15) is 0 Å². The van der Waals surface area contributed by atoms with E-state index in [4.69, 9.17) is 0 Å². The molecule has 0 aliphatic rings. The van der Waals surface area contributed by atoms with Crippen LogP contribution < -0.4 is 0 Å². The van der Waals surface area contributed by atoms with E-state index in [0.29, 0.717) is 0 Å². The van der Waals surface area contributed by atoms with E-state index in [-0.39, 0.29) is 65.4 Å². The Morgan fingerprint density at radius 1 is 1.25 bits per heavy atom. The molecule has 2 radical (unpaired) electrons. The van der Waals surface area contributed by atoms with Crippen LogP contribution in [0, 0.1) is 7.11 Å². The quantitative estimate of drug-likeness (QED) is 0.601. The number of hydrogen-bond acceptors (Lipinski definition) is 1. The second kappa shape index (κ2) is 35.4. The molecule has 0 saturated heterocycles. The Hall–Kier alpha value is 2.13. The third-order valence-corrected chi connectivity index (χ3v) is 0. The maximum atomic E-state index is 4.00. The van der Waals surface area contributed by atoms with E-state index in [1.165, 1.54) is 7.11 Å². The Morgan fingerprint density at radius 2 is 1.25 bits per heavy atom. The van der Waals surface area contributed by atoms with Crippen molar-refractivity contribution in [2.45, 2.75) is 0 Å². The van der Waals surface area contributed by atoms with Crippen LogP contribution in [0.15, 0.2) is 0 Å². The molecule has 0 amide bonds. The van der Waals surface area contributed by atoms with Crippen LogP contribution in [0.2, 0.25) is 0 Å². The summed E-state index contributed by atoms with van der Waals surface area (Å²) in [7, 11) is 8.00. The van der Waals surface area contributed by atoms with Crippen molar-refractivity contribution >= 4 is 0 Å². The van der Waals surface area contributed by atoms with Gasteiger partial charge >= 0.3 is 0 Å². The van der Waals surface area contributed by atoms with Crippen LogP contribution in [0.5, 0.6) is 0 Å².